The molecule has 0 amide bonds. The van der Waals surface area contributed by atoms with E-state index in [1.807, 2.05) is 31.2 Å². The van der Waals surface area contributed by atoms with Crippen molar-refractivity contribution >= 4 is 28.4 Å². The van der Waals surface area contributed by atoms with Crippen LogP contribution in [0.5, 0.6) is 0 Å². The summed E-state index contributed by atoms with van der Waals surface area (Å²) in [6.45, 7) is 1.99. The van der Waals surface area contributed by atoms with Gasteiger partial charge in [-0.25, -0.2) is 0 Å². The molecule has 0 aliphatic carbocycles. The van der Waals surface area contributed by atoms with E-state index in [1.165, 1.54) is 0 Å². The summed E-state index contributed by atoms with van der Waals surface area (Å²) in [6, 6.07) is 7.57. The molecule has 0 fully saturated rings. The number of benzene rings is 1. The number of carbonyl (C=O) groups is 1. The number of hydrogen-bond donors (Lipinski definition) is 1. The van der Waals surface area contributed by atoms with Crippen molar-refractivity contribution in [3.8, 4) is 0 Å². The Kier molecular flexibility index (Phi) is 4.54. The molecule has 0 heterocycles. The van der Waals surface area contributed by atoms with Crippen molar-refractivity contribution in [3.63, 3.8) is 0 Å². The SMILES string of the molecule is CCC(N)CC(=O)c1ccc(I)cc1. The first-order valence-electron chi connectivity index (χ1n) is 4.67. The van der Waals surface area contributed by atoms with Crippen LogP contribution in [0.2, 0.25) is 0 Å². The lowest BCUT2D eigenvalue weighted by Gasteiger charge is -2.07. The van der Waals surface area contributed by atoms with E-state index < -0.39 is 0 Å². The molecule has 1 unspecified atom stereocenters. The summed E-state index contributed by atoms with van der Waals surface area (Å²) < 4.78 is 1.14. The molecule has 1 rings (SSSR count). The smallest absolute Gasteiger partial charge is 0.164 e. The molecule has 1 aromatic carbocycles. The van der Waals surface area contributed by atoms with Crippen LogP contribution in [-0.4, -0.2) is 11.8 Å². The molecule has 14 heavy (non-hydrogen) atoms. The molecular weight excluding hydrogens is 289 g/mol. The first-order valence-corrected chi connectivity index (χ1v) is 5.75. The third-order valence-corrected chi connectivity index (χ3v) is 2.86. The predicted octanol–water partition coefficient (Wildman–Crippen LogP) is 2.60. The second-order valence-corrected chi connectivity index (χ2v) is 4.55. The largest absolute Gasteiger partial charge is 0.327 e. The van der Waals surface area contributed by atoms with Crippen molar-refractivity contribution in [2.45, 2.75) is 25.8 Å². The summed E-state index contributed by atoms with van der Waals surface area (Å²) in [7, 11) is 0. The molecule has 3 heteroatoms. The van der Waals surface area contributed by atoms with Crippen LogP contribution in [0.3, 0.4) is 0 Å². The molecule has 0 bridgehead atoms. The Morgan fingerprint density at radius 2 is 2.00 bits per heavy atom. The van der Waals surface area contributed by atoms with E-state index in [9.17, 15) is 4.79 Å². The van der Waals surface area contributed by atoms with Gasteiger partial charge in [-0.2, -0.15) is 0 Å². The number of hydrogen-bond acceptors (Lipinski definition) is 2. The standard InChI is InChI=1S/C11H14INO/c1-2-10(13)7-11(14)8-3-5-9(12)6-4-8/h3-6,10H,2,7,13H2,1H3. The Morgan fingerprint density at radius 3 is 2.50 bits per heavy atom. The zero-order valence-corrected chi connectivity index (χ0v) is 10.3. The Labute approximate surface area is 98.0 Å². The van der Waals surface area contributed by atoms with E-state index in [0.29, 0.717) is 6.42 Å². The highest BCUT2D eigenvalue weighted by atomic mass is 127. The molecule has 2 nitrogen and oxygen atoms in total. The van der Waals surface area contributed by atoms with Crippen LogP contribution in [0.25, 0.3) is 0 Å². The van der Waals surface area contributed by atoms with Gasteiger partial charge in [0.25, 0.3) is 0 Å². The highest BCUT2D eigenvalue weighted by molar-refractivity contribution is 14.1. The van der Waals surface area contributed by atoms with E-state index in [4.69, 9.17) is 5.73 Å². The zero-order valence-electron chi connectivity index (χ0n) is 8.16. The molecule has 0 aliphatic heterocycles. The quantitative estimate of drug-likeness (QED) is 0.686. The Hall–Kier alpha value is -0.420. The summed E-state index contributed by atoms with van der Waals surface area (Å²) >= 11 is 2.22. The minimum atomic E-state index is -0.0122. The maximum absolute atomic E-state index is 11.6. The monoisotopic (exact) mass is 303 g/mol. The maximum atomic E-state index is 11.6. The van der Waals surface area contributed by atoms with Crippen molar-refractivity contribution in [3.05, 3.63) is 33.4 Å². The molecular formula is C11H14INO. The maximum Gasteiger partial charge on any atom is 0.164 e. The second-order valence-electron chi connectivity index (χ2n) is 3.30. The first-order chi connectivity index (χ1) is 6.63. The van der Waals surface area contributed by atoms with Gasteiger partial charge in [-0.3, -0.25) is 4.79 Å². The molecule has 0 saturated carbocycles. The average molecular weight is 303 g/mol. The summed E-state index contributed by atoms with van der Waals surface area (Å²) in [4.78, 5) is 11.6. The molecule has 2 N–H and O–H groups in total. The summed E-state index contributed by atoms with van der Waals surface area (Å²) in [5.74, 6) is 0.135. The highest BCUT2D eigenvalue weighted by Gasteiger charge is 2.09. The minimum Gasteiger partial charge on any atom is -0.327 e. The Balaban J connectivity index is 2.65. The lowest BCUT2D eigenvalue weighted by molar-refractivity contribution is 0.0974. The highest BCUT2D eigenvalue weighted by Crippen LogP contribution is 2.10. The van der Waals surface area contributed by atoms with E-state index >= 15 is 0 Å². The van der Waals surface area contributed by atoms with Gasteiger partial charge in [0.2, 0.25) is 0 Å². The fraction of sp³-hybridized carbons (Fsp3) is 0.364. The van der Waals surface area contributed by atoms with Crippen LogP contribution < -0.4 is 5.73 Å². The number of nitrogens with two attached hydrogens (primary N) is 1. The molecule has 76 valence electrons. The molecule has 0 aliphatic rings. The molecule has 0 spiro atoms. The van der Waals surface area contributed by atoms with Gasteiger partial charge in [0.15, 0.2) is 5.78 Å². The minimum absolute atomic E-state index is 0.0122. The van der Waals surface area contributed by atoms with Crippen molar-refractivity contribution in [1.29, 1.82) is 0 Å². The molecule has 0 saturated heterocycles. The average Bonchev–Trinajstić information content (AvgIpc) is 2.18. The van der Waals surface area contributed by atoms with E-state index in [-0.39, 0.29) is 11.8 Å². The van der Waals surface area contributed by atoms with Crippen molar-refractivity contribution in [1.82, 2.24) is 0 Å². The van der Waals surface area contributed by atoms with Crippen molar-refractivity contribution < 1.29 is 4.79 Å². The fourth-order valence-electron chi connectivity index (χ4n) is 1.14. The fourth-order valence-corrected chi connectivity index (χ4v) is 1.50. The van der Waals surface area contributed by atoms with E-state index in [1.54, 1.807) is 0 Å². The molecule has 0 radical (unpaired) electrons. The van der Waals surface area contributed by atoms with Crippen molar-refractivity contribution in [2.75, 3.05) is 0 Å². The third kappa shape index (κ3) is 3.38. The van der Waals surface area contributed by atoms with E-state index in [0.717, 1.165) is 15.6 Å². The second kappa shape index (κ2) is 5.46. The van der Waals surface area contributed by atoms with Crippen molar-refractivity contribution in [2.24, 2.45) is 5.73 Å². The topological polar surface area (TPSA) is 43.1 Å². The Bertz CT molecular complexity index is 308. The first kappa shape index (κ1) is 11.7. The molecule has 1 aromatic rings. The lowest BCUT2D eigenvalue weighted by atomic mass is 10.0. The summed E-state index contributed by atoms with van der Waals surface area (Å²) in [5, 5.41) is 0. The number of carbonyl (C=O) groups excluding carboxylic acids is 1. The van der Waals surface area contributed by atoms with Crippen LogP contribution in [0, 0.1) is 3.57 Å². The zero-order chi connectivity index (χ0) is 10.6. The summed E-state index contributed by atoms with van der Waals surface area (Å²) in [6.07, 6.45) is 1.28. The van der Waals surface area contributed by atoms with Gasteiger partial charge in [-0.05, 0) is 41.1 Å². The lowest BCUT2D eigenvalue weighted by Crippen LogP contribution is -2.22. The molecule has 0 aromatic heterocycles. The van der Waals surface area contributed by atoms with Gasteiger partial charge in [0.05, 0.1) is 0 Å². The number of Topliss-reactive ketones (excluding diaryl/α,β-unsaturated/α-hetero) is 1. The van der Waals surface area contributed by atoms with Gasteiger partial charge in [-0.15, -0.1) is 0 Å². The third-order valence-electron chi connectivity index (χ3n) is 2.14. The van der Waals surface area contributed by atoms with Crippen LogP contribution in [0.1, 0.15) is 30.1 Å². The van der Waals surface area contributed by atoms with Crippen LogP contribution >= 0.6 is 22.6 Å². The van der Waals surface area contributed by atoms with Gasteiger partial charge < -0.3 is 5.73 Å². The van der Waals surface area contributed by atoms with Crippen LogP contribution in [0.4, 0.5) is 0 Å². The van der Waals surface area contributed by atoms with Gasteiger partial charge in [0.1, 0.15) is 0 Å². The number of ketones is 1. The predicted molar refractivity (Wildman–Crippen MR) is 66.4 cm³/mol. The van der Waals surface area contributed by atoms with Gasteiger partial charge in [-0.1, -0.05) is 19.1 Å². The van der Waals surface area contributed by atoms with Gasteiger partial charge >= 0.3 is 0 Å². The Morgan fingerprint density at radius 1 is 1.43 bits per heavy atom. The van der Waals surface area contributed by atoms with Crippen LogP contribution in [0.15, 0.2) is 24.3 Å². The summed E-state index contributed by atoms with van der Waals surface area (Å²) in [5.41, 5.74) is 6.48. The number of halogens is 1. The normalized spacial score (nSPS) is 12.5. The van der Waals surface area contributed by atoms with Crippen LogP contribution in [-0.2, 0) is 0 Å². The van der Waals surface area contributed by atoms with Gasteiger partial charge in [0, 0.05) is 21.6 Å². The number of rotatable bonds is 4. The molecule has 1 atom stereocenters. The van der Waals surface area contributed by atoms with E-state index in [2.05, 4.69) is 22.6 Å².